The summed E-state index contributed by atoms with van der Waals surface area (Å²) in [5.41, 5.74) is 3.18. The third-order valence-corrected chi connectivity index (χ3v) is 4.66. The van der Waals surface area contributed by atoms with E-state index in [9.17, 15) is 17.6 Å². The Labute approximate surface area is 186 Å². The monoisotopic (exact) mass is 461 g/mol. The Morgan fingerprint density at radius 3 is 2.58 bits per heavy atom. The van der Waals surface area contributed by atoms with Crippen LogP contribution in [0.25, 0.3) is 0 Å². The Hall–Kier alpha value is -3.80. The van der Waals surface area contributed by atoms with Crippen molar-refractivity contribution in [2.45, 2.75) is 6.18 Å². The van der Waals surface area contributed by atoms with E-state index in [0.717, 1.165) is 18.3 Å². The molecule has 0 bridgehead atoms. The van der Waals surface area contributed by atoms with E-state index in [1.165, 1.54) is 24.5 Å². The summed E-state index contributed by atoms with van der Waals surface area (Å²) in [4.78, 5) is 14.0. The third kappa shape index (κ3) is 5.92. The molecule has 1 aliphatic heterocycles. The number of nitrogens with one attached hydrogen (secondary N) is 2. The maximum Gasteiger partial charge on any atom is 0.416 e. The second kappa shape index (κ2) is 9.77. The fraction of sp³-hybridized carbons (Fsp3) is 0.238. The van der Waals surface area contributed by atoms with Crippen LogP contribution in [-0.2, 0) is 10.9 Å². The van der Waals surface area contributed by atoms with Gasteiger partial charge in [0, 0.05) is 18.8 Å². The molecule has 1 aromatic carbocycles. The lowest BCUT2D eigenvalue weighted by Crippen LogP contribution is -2.37. The molecule has 0 amide bonds. The lowest BCUT2D eigenvalue weighted by molar-refractivity contribution is -0.137. The first-order valence-electron chi connectivity index (χ1n) is 9.93. The van der Waals surface area contributed by atoms with Gasteiger partial charge in [-0.15, -0.1) is 0 Å². The molecule has 12 heteroatoms. The van der Waals surface area contributed by atoms with Gasteiger partial charge in [0.15, 0.2) is 11.6 Å². The first-order chi connectivity index (χ1) is 15.9. The number of aromatic nitrogens is 3. The molecule has 0 saturated carbocycles. The van der Waals surface area contributed by atoms with Crippen molar-refractivity contribution >= 4 is 29.4 Å². The fourth-order valence-electron chi connectivity index (χ4n) is 3.06. The first-order valence-corrected chi connectivity index (χ1v) is 9.93. The summed E-state index contributed by atoms with van der Waals surface area (Å²) >= 11 is 0. The molecule has 3 heterocycles. The number of halogens is 4. The number of ether oxygens (including phenoxy) is 1. The minimum Gasteiger partial charge on any atom is -0.378 e. The average Bonchev–Trinajstić information content (AvgIpc) is 2.81. The molecule has 2 N–H and O–H groups in total. The normalized spacial score (nSPS) is 14.5. The van der Waals surface area contributed by atoms with E-state index in [4.69, 9.17) is 4.74 Å². The Balaban J connectivity index is 1.37. The van der Waals surface area contributed by atoms with Crippen molar-refractivity contribution in [3.8, 4) is 0 Å². The molecule has 8 nitrogen and oxygen atoms in total. The Morgan fingerprint density at radius 1 is 1.03 bits per heavy atom. The maximum absolute atomic E-state index is 14.1. The number of rotatable bonds is 6. The maximum atomic E-state index is 14.1. The summed E-state index contributed by atoms with van der Waals surface area (Å²) in [6, 6.07) is 8.17. The van der Waals surface area contributed by atoms with Crippen molar-refractivity contribution in [3.63, 3.8) is 0 Å². The number of nitrogens with zero attached hydrogens (tertiary/aromatic N) is 5. The van der Waals surface area contributed by atoms with Gasteiger partial charge in [-0.3, -0.25) is 4.98 Å². The molecule has 1 aliphatic rings. The number of anilines is 4. The summed E-state index contributed by atoms with van der Waals surface area (Å²) < 4.78 is 57.9. The van der Waals surface area contributed by atoms with Crippen LogP contribution in [0.4, 0.5) is 40.7 Å². The van der Waals surface area contributed by atoms with E-state index in [-0.39, 0.29) is 11.8 Å². The van der Waals surface area contributed by atoms with Crippen LogP contribution in [-0.4, -0.2) is 47.5 Å². The van der Waals surface area contributed by atoms with Crippen molar-refractivity contribution < 1.29 is 22.3 Å². The zero-order valence-electron chi connectivity index (χ0n) is 17.2. The van der Waals surface area contributed by atoms with Crippen LogP contribution in [0.5, 0.6) is 0 Å². The number of pyridine rings is 1. The summed E-state index contributed by atoms with van der Waals surface area (Å²) in [6.45, 7) is 2.05. The van der Waals surface area contributed by atoms with E-state index in [0.29, 0.717) is 43.4 Å². The summed E-state index contributed by atoms with van der Waals surface area (Å²) in [7, 11) is 0. The summed E-state index contributed by atoms with van der Waals surface area (Å²) in [5.74, 6) is -0.233. The molecule has 2 aromatic heterocycles. The van der Waals surface area contributed by atoms with Gasteiger partial charge in [0.25, 0.3) is 0 Å². The predicted molar refractivity (Wildman–Crippen MR) is 115 cm³/mol. The number of morpholine rings is 1. The lowest BCUT2D eigenvalue weighted by Gasteiger charge is -2.27. The van der Waals surface area contributed by atoms with Crippen LogP contribution in [0, 0.1) is 5.82 Å². The van der Waals surface area contributed by atoms with Crippen LogP contribution in [0.1, 0.15) is 11.3 Å². The van der Waals surface area contributed by atoms with Crippen LogP contribution in [0.15, 0.2) is 53.9 Å². The summed E-state index contributed by atoms with van der Waals surface area (Å²) in [5, 5.41) is 6.88. The van der Waals surface area contributed by atoms with Crippen LogP contribution in [0.3, 0.4) is 0 Å². The van der Waals surface area contributed by atoms with Crippen molar-refractivity contribution in [1.82, 2.24) is 15.0 Å². The van der Waals surface area contributed by atoms with Crippen molar-refractivity contribution in [1.29, 1.82) is 0 Å². The molecule has 0 atom stereocenters. The van der Waals surface area contributed by atoms with Gasteiger partial charge in [-0.1, -0.05) is 6.07 Å². The molecular weight excluding hydrogens is 442 g/mol. The quantitative estimate of drug-likeness (QED) is 0.325. The van der Waals surface area contributed by atoms with Crippen molar-refractivity contribution in [2.75, 3.05) is 41.9 Å². The minimum absolute atomic E-state index is 0.122. The highest BCUT2D eigenvalue weighted by Crippen LogP contribution is 2.31. The molecule has 1 saturated heterocycles. The van der Waals surface area contributed by atoms with Crippen LogP contribution in [0.2, 0.25) is 0 Å². The molecule has 3 aromatic rings. The minimum atomic E-state index is -4.42. The highest BCUT2D eigenvalue weighted by Gasteiger charge is 2.30. The number of benzene rings is 1. The Morgan fingerprint density at radius 2 is 1.85 bits per heavy atom. The second-order valence-electron chi connectivity index (χ2n) is 7.01. The van der Waals surface area contributed by atoms with Gasteiger partial charge >= 0.3 is 6.18 Å². The Bertz CT molecular complexity index is 1120. The first kappa shape index (κ1) is 22.4. The molecule has 4 rings (SSSR count). The fourth-order valence-corrected chi connectivity index (χ4v) is 3.06. The van der Waals surface area contributed by atoms with E-state index >= 15 is 0 Å². The predicted octanol–water partition coefficient (Wildman–Crippen LogP) is 4.06. The van der Waals surface area contributed by atoms with Crippen molar-refractivity contribution in [2.24, 2.45) is 5.10 Å². The van der Waals surface area contributed by atoms with Crippen LogP contribution < -0.4 is 15.6 Å². The number of hydrogen-bond acceptors (Lipinski definition) is 8. The van der Waals surface area contributed by atoms with Crippen LogP contribution >= 0.6 is 0 Å². The van der Waals surface area contributed by atoms with Crippen molar-refractivity contribution in [3.05, 3.63) is 65.9 Å². The number of hydrazone groups is 1. The average molecular weight is 461 g/mol. The van der Waals surface area contributed by atoms with Gasteiger partial charge in [0.2, 0.25) is 5.95 Å². The van der Waals surface area contributed by atoms with E-state index < -0.39 is 17.6 Å². The van der Waals surface area contributed by atoms with Gasteiger partial charge in [-0.25, -0.2) is 14.8 Å². The molecule has 172 valence electrons. The summed E-state index contributed by atoms with van der Waals surface area (Å²) in [6.07, 6.45) is -0.468. The lowest BCUT2D eigenvalue weighted by atomic mass is 10.2. The highest BCUT2D eigenvalue weighted by molar-refractivity contribution is 5.78. The van der Waals surface area contributed by atoms with E-state index in [1.54, 1.807) is 17.0 Å². The number of hydrogen-bond donors (Lipinski definition) is 2. The highest BCUT2D eigenvalue weighted by atomic mass is 19.4. The standard InChI is InChI=1S/C21H19F4N7O/c22-18-13-27-20(30-19(18)32-6-8-33-9-7-32)31-28-12-16-4-5-17(11-26-16)29-15-3-1-2-14(10-15)21(23,24)25/h1-5,10-13,29H,6-9H2,(H,27,30,31)/b28-12+. The SMILES string of the molecule is Fc1cnc(N/N=C/c2ccc(Nc3cccc(C(F)(F)F)c3)cn2)nc1N1CCOCC1. The van der Waals surface area contributed by atoms with Gasteiger partial charge in [-0.2, -0.15) is 23.3 Å². The second-order valence-corrected chi connectivity index (χ2v) is 7.01. The van der Waals surface area contributed by atoms with Gasteiger partial charge in [-0.05, 0) is 30.3 Å². The molecule has 0 spiro atoms. The third-order valence-electron chi connectivity index (χ3n) is 4.66. The van der Waals surface area contributed by atoms with Gasteiger partial charge in [0.1, 0.15) is 0 Å². The molecular formula is C21H19F4N7O. The molecule has 0 radical (unpaired) electrons. The van der Waals surface area contributed by atoms with Gasteiger partial charge in [0.05, 0.1) is 48.8 Å². The zero-order chi connectivity index (χ0) is 23.3. The molecule has 0 unspecified atom stereocenters. The molecule has 0 aliphatic carbocycles. The molecule has 33 heavy (non-hydrogen) atoms. The smallest absolute Gasteiger partial charge is 0.378 e. The van der Waals surface area contributed by atoms with Gasteiger partial charge < -0.3 is 15.0 Å². The zero-order valence-corrected chi connectivity index (χ0v) is 17.2. The van der Waals surface area contributed by atoms with E-state index in [2.05, 4.69) is 30.8 Å². The topological polar surface area (TPSA) is 87.6 Å². The Kier molecular flexibility index (Phi) is 6.63. The van der Waals surface area contributed by atoms with E-state index in [1.807, 2.05) is 0 Å². The number of alkyl halides is 3. The molecule has 1 fully saturated rings. The largest absolute Gasteiger partial charge is 0.416 e.